The minimum Gasteiger partial charge on any atom is -0.343 e. The lowest BCUT2D eigenvalue weighted by atomic mass is 9.92. The lowest BCUT2D eigenvalue weighted by Crippen LogP contribution is -2.38. The fourth-order valence-corrected chi connectivity index (χ4v) is 5.03. The van der Waals surface area contributed by atoms with Crippen LogP contribution >= 0.6 is 0 Å². The molecule has 0 atom stereocenters. The van der Waals surface area contributed by atoms with Gasteiger partial charge in [0, 0.05) is 37.1 Å². The van der Waals surface area contributed by atoms with Gasteiger partial charge >= 0.3 is 0 Å². The Bertz CT molecular complexity index is 1150. The summed E-state index contributed by atoms with van der Waals surface area (Å²) < 4.78 is 0. The number of aryl methyl sites for hydroxylation is 2. The number of aromatic nitrogens is 2. The number of H-pyrrole nitrogens is 1. The van der Waals surface area contributed by atoms with Crippen LogP contribution < -0.4 is 0 Å². The van der Waals surface area contributed by atoms with E-state index in [1.54, 1.807) is 0 Å². The number of piperidine rings is 1. The van der Waals surface area contributed by atoms with Crippen molar-refractivity contribution < 1.29 is 4.79 Å². The number of hydrogen-bond donors (Lipinski definition) is 1. The summed E-state index contributed by atoms with van der Waals surface area (Å²) in [4.78, 5) is 23.4. The molecular weight excluding hydrogens is 430 g/mol. The summed E-state index contributed by atoms with van der Waals surface area (Å²) in [5, 5.41) is 0. The van der Waals surface area contributed by atoms with Gasteiger partial charge in [-0.3, -0.25) is 4.79 Å². The Labute approximate surface area is 208 Å². The van der Waals surface area contributed by atoms with E-state index in [4.69, 9.17) is 4.98 Å². The van der Waals surface area contributed by atoms with Crippen molar-refractivity contribution in [3.05, 3.63) is 102 Å². The molecule has 35 heavy (non-hydrogen) atoms. The normalized spacial score (nSPS) is 14.2. The summed E-state index contributed by atoms with van der Waals surface area (Å²) in [6.07, 6.45) is 5.61. The molecule has 5 rings (SSSR count). The smallest absolute Gasteiger partial charge is 0.222 e. The molecule has 0 unspecified atom stereocenters. The number of aromatic amines is 1. The second-order valence-corrected chi connectivity index (χ2v) is 9.49. The maximum absolute atomic E-state index is 12.7. The van der Waals surface area contributed by atoms with E-state index in [1.165, 1.54) is 5.56 Å². The van der Waals surface area contributed by atoms with Gasteiger partial charge in [0.15, 0.2) is 0 Å². The van der Waals surface area contributed by atoms with Crippen LogP contribution in [0, 0.1) is 5.92 Å². The van der Waals surface area contributed by atoms with Crippen LogP contribution in [-0.2, 0) is 17.6 Å². The van der Waals surface area contributed by atoms with Gasteiger partial charge in [-0.25, -0.2) is 4.98 Å². The molecule has 0 spiro atoms. The van der Waals surface area contributed by atoms with Gasteiger partial charge in [0.25, 0.3) is 0 Å². The Hall–Kier alpha value is -3.66. The first kappa shape index (κ1) is 23.1. The summed E-state index contributed by atoms with van der Waals surface area (Å²) in [6.45, 7) is 1.75. The number of amides is 1. The Morgan fingerprint density at radius 2 is 1.40 bits per heavy atom. The molecule has 1 aromatic heterocycles. The van der Waals surface area contributed by atoms with Crippen molar-refractivity contribution in [2.75, 3.05) is 13.1 Å². The third-order valence-corrected chi connectivity index (χ3v) is 7.09. The highest BCUT2D eigenvalue weighted by Crippen LogP contribution is 2.31. The molecule has 0 bridgehead atoms. The molecule has 0 saturated carbocycles. The minimum absolute atomic E-state index is 0.290. The molecule has 1 N–H and O–H groups in total. The van der Waals surface area contributed by atoms with Crippen molar-refractivity contribution in [3.8, 4) is 22.5 Å². The zero-order chi connectivity index (χ0) is 23.9. The van der Waals surface area contributed by atoms with Gasteiger partial charge in [0.05, 0.1) is 11.4 Å². The molecule has 0 aliphatic carbocycles. The molecule has 1 aliphatic rings. The van der Waals surface area contributed by atoms with Crippen LogP contribution in [0.3, 0.4) is 0 Å². The molecular formula is C31H33N3O. The first-order chi connectivity index (χ1) is 17.3. The van der Waals surface area contributed by atoms with E-state index in [2.05, 4.69) is 70.5 Å². The topological polar surface area (TPSA) is 49.0 Å². The lowest BCUT2D eigenvalue weighted by molar-refractivity contribution is -0.132. The van der Waals surface area contributed by atoms with Crippen LogP contribution in [0.1, 0.15) is 37.1 Å². The molecule has 4 heteroatoms. The van der Waals surface area contributed by atoms with E-state index in [-0.39, 0.29) is 0 Å². The van der Waals surface area contributed by atoms with Gasteiger partial charge in [-0.2, -0.15) is 0 Å². The number of hydrogen-bond acceptors (Lipinski definition) is 2. The van der Waals surface area contributed by atoms with Crippen LogP contribution in [0.25, 0.3) is 22.5 Å². The number of imidazole rings is 1. The Balaban J connectivity index is 1.17. The van der Waals surface area contributed by atoms with Crippen LogP contribution in [0.4, 0.5) is 0 Å². The quantitative estimate of drug-likeness (QED) is 0.322. The standard InChI is InChI=1S/C31H33N3O/c35-29(19-17-24-10-4-1-5-11-24)34-22-20-25(21-23-34)16-18-28-32-30(26-12-6-2-7-13-26)31(33-28)27-14-8-3-9-15-27/h1-15,25H,16-23H2,(H,32,33). The molecule has 1 amide bonds. The monoisotopic (exact) mass is 463 g/mol. The SMILES string of the molecule is O=C(CCc1ccccc1)N1CCC(CCc2nc(-c3ccccc3)c(-c3ccccc3)[nH]2)CC1. The second-order valence-electron chi connectivity index (χ2n) is 9.49. The van der Waals surface area contributed by atoms with E-state index < -0.39 is 0 Å². The number of carbonyl (C=O) groups excluding carboxylic acids is 1. The molecule has 1 aliphatic heterocycles. The Kier molecular flexibility index (Phi) is 7.38. The highest BCUT2D eigenvalue weighted by molar-refractivity contribution is 5.78. The number of likely N-dealkylation sites (tertiary alicyclic amines) is 1. The maximum atomic E-state index is 12.7. The molecule has 0 radical (unpaired) electrons. The van der Waals surface area contributed by atoms with E-state index in [1.807, 2.05) is 30.3 Å². The minimum atomic E-state index is 0.290. The summed E-state index contributed by atoms with van der Waals surface area (Å²) in [6, 6.07) is 31.1. The van der Waals surface area contributed by atoms with E-state index in [9.17, 15) is 4.79 Å². The summed E-state index contributed by atoms with van der Waals surface area (Å²) >= 11 is 0. The first-order valence-corrected chi connectivity index (χ1v) is 12.8. The fraction of sp³-hybridized carbons (Fsp3) is 0.290. The second kappa shape index (κ2) is 11.2. The van der Waals surface area contributed by atoms with Gasteiger partial charge in [-0.15, -0.1) is 0 Å². The molecule has 1 fully saturated rings. The zero-order valence-corrected chi connectivity index (χ0v) is 20.2. The van der Waals surface area contributed by atoms with Crippen molar-refractivity contribution in [3.63, 3.8) is 0 Å². The van der Waals surface area contributed by atoms with Crippen LogP contribution in [-0.4, -0.2) is 33.9 Å². The molecule has 4 nitrogen and oxygen atoms in total. The third-order valence-electron chi connectivity index (χ3n) is 7.09. The van der Waals surface area contributed by atoms with Gasteiger partial charge in [0.2, 0.25) is 5.91 Å². The Morgan fingerprint density at radius 1 is 0.800 bits per heavy atom. The summed E-state index contributed by atoms with van der Waals surface area (Å²) in [5.74, 6) is 1.97. The summed E-state index contributed by atoms with van der Waals surface area (Å²) in [5.41, 5.74) is 5.64. The largest absolute Gasteiger partial charge is 0.343 e. The van der Waals surface area contributed by atoms with Gasteiger partial charge < -0.3 is 9.88 Å². The van der Waals surface area contributed by atoms with E-state index in [0.717, 1.165) is 73.5 Å². The Morgan fingerprint density at radius 3 is 2.06 bits per heavy atom. The van der Waals surface area contributed by atoms with Crippen molar-refractivity contribution in [2.45, 2.75) is 38.5 Å². The number of benzene rings is 3. The van der Waals surface area contributed by atoms with E-state index in [0.29, 0.717) is 18.2 Å². The predicted octanol–water partition coefficient (Wildman–Crippen LogP) is 6.55. The van der Waals surface area contributed by atoms with Gasteiger partial charge in [0.1, 0.15) is 5.82 Å². The zero-order valence-electron chi connectivity index (χ0n) is 20.2. The molecule has 2 heterocycles. The van der Waals surface area contributed by atoms with Crippen LogP contribution in [0.5, 0.6) is 0 Å². The van der Waals surface area contributed by atoms with Gasteiger partial charge in [-0.1, -0.05) is 91.0 Å². The van der Waals surface area contributed by atoms with Crippen molar-refractivity contribution in [1.82, 2.24) is 14.9 Å². The highest BCUT2D eigenvalue weighted by atomic mass is 16.2. The van der Waals surface area contributed by atoms with Crippen LogP contribution in [0.2, 0.25) is 0 Å². The number of carbonyl (C=O) groups is 1. The van der Waals surface area contributed by atoms with Gasteiger partial charge in [-0.05, 0) is 37.2 Å². The first-order valence-electron chi connectivity index (χ1n) is 12.8. The van der Waals surface area contributed by atoms with Crippen molar-refractivity contribution >= 4 is 5.91 Å². The molecule has 178 valence electrons. The number of rotatable bonds is 8. The number of nitrogens with one attached hydrogen (secondary N) is 1. The van der Waals surface area contributed by atoms with E-state index >= 15 is 0 Å². The lowest BCUT2D eigenvalue weighted by Gasteiger charge is -2.32. The highest BCUT2D eigenvalue weighted by Gasteiger charge is 2.23. The van der Waals surface area contributed by atoms with Crippen molar-refractivity contribution in [1.29, 1.82) is 0 Å². The number of nitrogens with zero attached hydrogens (tertiary/aromatic N) is 2. The fourth-order valence-electron chi connectivity index (χ4n) is 5.03. The maximum Gasteiger partial charge on any atom is 0.222 e. The predicted molar refractivity (Wildman–Crippen MR) is 142 cm³/mol. The summed E-state index contributed by atoms with van der Waals surface area (Å²) in [7, 11) is 0. The average molecular weight is 464 g/mol. The molecule has 1 saturated heterocycles. The third kappa shape index (κ3) is 5.89. The molecule has 4 aromatic rings. The van der Waals surface area contributed by atoms with Crippen LogP contribution in [0.15, 0.2) is 91.0 Å². The molecule has 3 aromatic carbocycles. The van der Waals surface area contributed by atoms with Crippen molar-refractivity contribution in [2.24, 2.45) is 5.92 Å². The average Bonchev–Trinajstić information content (AvgIpc) is 3.37.